The molecule has 1 aliphatic heterocycles. The van der Waals surface area contributed by atoms with Gasteiger partial charge in [-0.1, -0.05) is 30.3 Å². The van der Waals surface area contributed by atoms with Crippen LogP contribution in [0.1, 0.15) is 22.3 Å². The van der Waals surface area contributed by atoms with E-state index in [4.69, 9.17) is 4.74 Å². The Morgan fingerprint density at radius 2 is 1.85 bits per heavy atom. The van der Waals surface area contributed by atoms with Gasteiger partial charge in [-0.05, 0) is 30.2 Å². The number of fused-ring (bicyclic) bond motifs is 1. The Kier molecular flexibility index (Phi) is 3.29. The molecule has 1 aliphatic rings. The Morgan fingerprint density at radius 1 is 1.10 bits per heavy atom. The molecule has 2 N–H and O–H groups in total. The monoisotopic (exact) mass is 269 g/mol. The van der Waals surface area contributed by atoms with Crippen molar-refractivity contribution in [2.75, 3.05) is 0 Å². The summed E-state index contributed by atoms with van der Waals surface area (Å²) in [5.74, 6) is 0.766. The van der Waals surface area contributed by atoms with Crippen LogP contribution < -0.4 is 10.1 Å². The summed E-state index contributed by atoms with van der Waals surface area (Å²) in [6, 6.07) is 14.4. The molecule has 0 bridgehead atoms. The van der Waals surface area contributed by atoms with Crippen molar-refractivity contribution >= 4 is 5.91 Å². The summed E-state index contributed by atoms with van der Waals surface area (Å²) in [6.07, 6.45) is 0.884. The summed E-state index contributed by atoms with van der Waals surface area (Å²) in [7, 11) is 0. The number of rotatable bonds is 3. The number of hydrogen-bond donors (Lipinski definition) is 2. The molecular weight excluding hydrogens is 254 g/mol. The molecule has 1 atom stereocenters. The zero-order valence-corrected chi connectivity index (χ0v) is 10.9. The second-order valence-corrected chi connectivity index (χ2v) is 4.74. The molecule has 1 amide bonds. The molecule has 102 valence electrons. The lowest BCUT2D eigenvalue weighted by molar-refractivity contribution is 0.0741. The van der Waals surface area contributed by atoms with E-state index in [1.807, 2.05) is 24.3 Å². The highest BCUT2D eigenvalue weighted by Gasteiger charge is 2.24. The van der Waals surface area contributed by atoms with E-state index in [0.717, 1.165) is 5.56 Å². The Labute approximate surface area is 117 Å². The van der Waals surface area contributed by atoms with Crippen molar-refractivity contribution in [3.8, 4) is 11.5 Å². The van der Waals surface area contributed by atoms with E-state index in [1.165, 1.54) is 0 Å². The standard InChI is InChI=1S/C16H15NO3/c18-13-7-3-1-5-11(13)9-10-15-17-16(19)12-6-2-4-8-14(12)20-15/h1-8,15,18H,9-10H2,(H,17,19). The van der Waals surface area contributed by atoms with Crippen LogP contribution in [0.4, 0.5) is 0 Å². The number of aromatic hydroxyl groups is 1. The van der Waals surface area contributed by atoms with Crippen molar-refractivity contribution in [1.29, 1.82) is 0 Å². The second kappa shape index (κ2) is 5.25. The molecule has 1 unspecified atom stereocenters. The maximum Gasteiger partial charge on any atom is 0.257 e. The fraction of sp³-hybridized carbons (Fsp3) is 0.188. The lowest BCUT2D eigenvalue weighted by Crippen LogP contribution is -2.43. The molecule has 0 spiro atoms. The number of para-hydroxylation sites is 2. The predicted molar refractivity (Wildman–Crippen MR) is 74.8 cm³/mol. The minimum Gasteiger partial charge on any atom is -0.508 e. The molecule has 0 radical (unpaired) electrons. The van der Waals surface area contributed by atoms with Crippen LogP contribution in [0.5, 0.6) is 11.5 Å². The zero-order valence-electron chi connectivity index (χ0n) is 10.9. The average Bonchev–Trinajstić information content (AvgIpc) is 2.46. The van der Waals surface area contributed by atoms with Gasteiger partial charge in [-0.15, -0.1) is 0 Å². The Bertz CT molecular complexity index is 639. The summed E-state index contributed by atoms with van der Waals surface area (Å²) in [4.78, 5) is 11.9. The molecule has 1 heterocycles. The number of nitrogens with one attached hydrogen (secondary N) is 1. The molecule has 4 heteroatoms. The number of carbonyl (C=O) groups is 1. The fourth-order valence-corrected chi connectivity index (χ4v) is 2.30. The number of ether oxygens (including phenoxy) is 1. The summed E-state index contributed by atoms with van der Waals surface area (Å²) >= 11 is 0. The zero-order chi connectivity index (χ0) is 13.9. The van der Waals surface area contributed by atoms with Crippen molar-refractivity contribution in [3.63, 3.8) is 0 Å². The third kappa shape index (κ3) is 2.45. The van der Waals surface area contributed by atoms with E-state index in [-0.39, 0.29) is 17.9 Å². The van der Waals surface area contributed by atoms with Crippen molar-refractivity contribution in [3.05, 3.63) is 59.7 Å². The predicted octanol–water partition coefficient (Wildman–Crippen LogP) is 2.47. The van der Waals surface area contributed by atoms with Crippen LogP contribution >= 0.6 is 0 Å². The van der Waals surface area contributed by atoms with E-state index in [0.29, 0.717) is 24.2 Å². The van der Waals surface area contributed by atoms with Gasteiger partial charge in [-0.2, -0.15) is 0 Å². The van der Waals surface area contributed by atoms with Gasteiger partial charge in [0.05, 0.1) is 5.56 Å². The number of aryl methyl sites for hydroxylation is 1. The van der Waals surface area contributed by atoms with Gasteiger partial charge < -0.3 is 15.2 Å². The molecule has 0 aliphatic carbocycles. The molecule has 0 fully saturated rings. The van der Waals surface area contributed by atoms with Crippen molar-refractivity contribution in [2.45, 2.75) is 19.1 Å². The Balaban J connectivity index is 1.69. The summed E-state index contributed by atoms with van der Waals surface area (Å²) < 4.78 is 5.75. The molecule has 0 saturated carbocycles. The third-order valence-electron chi connectivity index (χ3n) is 3.36. The number of benzene rings is 2. The molecule has 0 aromatic heterocycles. The topological polar surface area (TPSA) is 58.6 Å². The largest absolute Gasteiger partial charge is 0.508 e. The highest BCUT2D eigenvalue weighted by Crippen LogP contribution is 2.25. The summed E-state index contributed by atoms with van der Waals surface area (Å²) in [5, 5.41) is 12.5. The quantitative estimate of drug-likeness (QED) is 0.900. The lowest BCUT2D eigenvalue weighted by atomic mass is 10.1. The first kappa shape index (κ1) is 12.5. The third-order valence-corrected chi connectivity index (χ3v) is 3.36. The highest BCUT2D eigenvalue weighted by molar-refractivity contribution is 5.97. The molecule has 2 aromatic rings. The van der Waals surface area contributed by atoms with E-state index in [2.05, 4.69) is 5.32 Å². The lowest BCUT2D eigenvalue weighted by Gasteiger charge is -2.26. The number of phenols is 1. The van der Waals surface area contributed by atoms with Crippen molar-refractivity contribution in [1.82, 2.24) is 5.32 Å². The van der Waals surface area contributed by atoms with Crippen LogP contribution in [0.2, 0.25) is 0 Å². The van der Waals surface area contributed by atoms with Gasteiger partial charge >= 0.3 is 0 Å². The van der Waals surface area contributed by atoms with Crippen LogP contribution in [0.15, 0.2) is 48.5 Å². The minimum absolute atomic E-state index is 0.117. The first-order valence-corrected chi connectivity index (χ1v) is 6.57. The maximum atomic E-state index is 11.9. The van der Waals surface area contributed by atoms with Crippen LogP contribution in [-0.2, 0) is 6.42 Å². The van der Waals surface area contributed by atoms with Gasteiger partial charge in [0.25, 0.3) is 5.91 Å². The molecule has 2 aromatic carbocycles. The van der Waals surface area contributed by atoms with Gasteiger partial charge in [0.2, 0.25) is 0 Å². The smallest absolute Gasteiger partial charge is 0.257 e. The van der Waals surface area contributed by atoms with Crippen LogP contribution in [0.3, 0.4) is 0 Å². The van der Waals surface area contributed by atoms with Crippen LogP contribution in [0.25, 0.3) is 0 Å². The minimum atomic E-state index is -0.364. The van der Waals surface area contributed by atoms with Crippen molar-refractivity contribution in [2.24, 2.45) is 0 Å². The Hall–Kier alpha value is -2.49. The average molecular weight is 269 g/mol. The molecule has 20 heavy (non-hydrogen) atoms. The number of hydrogen-bond acceptors (Lipinski definition) is 3. The number of amides is 1. The maximum absolute atomic E-state index is 11.9. The molecule has 0 saturated heterocycles. The fourth-order valence-electron chi connectivity index (χ4n) is 2.30. The van der Waals surface area contributed by atoms with Gasteiger partial charge in [-0.25, -0.2) is 0 Å². The molecule has 3 rings (SSSR count). The molecule has 4 nitrogen and oxygen atoms in total. The number of phenolic OH excluding ortho intramolecular Hbond substituents is 1. The number of carbonyl (C=O) groups excluding carboxylic acids is 1. The summed E-state index contributed by atoms with van der Waals surface area (Å²) in [6.45, 7) is 0. The van der Waals surface area contributed by atoms with E-state index < -0.39 is 0 Å². The van der Waals surface area contributed by atoms with Crippen molar-refractivity contribution < 1.29 is 14.6 Å². The van der Waals surface area contributed by atoms with Gasteiger partial charge in [0.1, 0.15) is 11.5 Å². The SMILES string of the molecule is O=C1NC(CCc2ccccc2O)Oc2ccccc21. The first-order chi connectivity index (χ1) is 9.74. The highest BCUT2D eigenvalue weighted by atomic mass is 16.5. The molecular formula is C16H15NO3. The van der Waals surface area contributed by atoms with Gasteiger partial charge in [0.15, 0.2) is 6.23 Å². The summed E-state index contributed by atoms with van der Waals surface area (Å²) in [5.41, 5.74) is 1.41. The van der Waals surface area contributed by atoms with Gasteiger partial charge in [0, 0.05) is 6.42 Å². The van der Waals surface area contributed by atoms with Crippen LogP contribution in [0, 0.1) is 0 Å². The first-order valence-electron chi connectivity index (χ1n) is 6.57. The van der Waals surface area contributed by atoms with E-state index in [1.54, 1.807) is 24.3 Å². The van der Waals surface area contributed by atoms with Crippen LogP contribution in [-0.4, -0.2) is 17.2 Å². The normalized spacial score (nSPS) is 17.0. The van der Waals surface area contributed by atoms with E-state index >= 15 is 0 Å². The van der Waals surface area contributed by atoms with E-state index in [9.17, 15) is 9.90 Å². The Morgan fingerprint density at radius 3 is 2.70 bits per heavy atom. The van der Waals surface area contributed by atoms with Gasteiger partial charge in [-0.3, -0.25) is 4.79 Å². The second-order valence-electron chi connectivity index (χ2n) is 4.74.